The number of carbonyl (C=O) groups excluding carboxylic acids is 2. The van der Waals surface area contributed by atoms with Crippen molar-refractivity contribution in [3.63, 3.8) is 0 Å². The highest BCUT2D eigenvalue weighted by Crippen LogP contribution is 2.35. The van der Waals surface area contributed by atoms with Gasteiger partial charge in [-0.25, -0.2) is 23.5 Å². The molecule has 0 spiro atoms. The van der Waals surface area contributed by atoms with E-state index >= 15 is 0 Å². The van der Waals surface area contributed by atoms with Gasteiger partial charge in [0.1, 0.15) is 17.9 Å². The summed E-state index contributed by atoms with van der Waals surface area (Å²) in [5.41, 5.74) is 1.84. The number of carbonyl (C=O) groups is 2. The van der Waals surface area contributed by atoms with Gasteiger partial charge in [0.15, 0.2) is 11.6 Å². The second-order valence-electron chi connectivity index (χ2n) is 9.74. The first-order valence-electron chi connectivity index (χ1n) is 13.1. The number of ether oxygens (including phenoxy) is 2. The van der Waals surface area contributed by atoms with E-state index < -0.39 is 11.8 Å². The van der Waals surface area contributed by atoms with Gasteiger partial charge in [-0.05, 0) is 54.7 Å². The van der Waals surface area contributed by atoms with E-state index in [1.165, 1.54) is 37.7 Å². The van der Waals surface area contributed by atoms with E-state index in [2.05, 4.69) is 25.9 Å². The molecule has 0 aliphatic heterocycles. The van der Waals surface area contributed by atoms with E-state index in [4.69, 9.17) is 9.47 Å². The molecule has 0 radical (unpaired) electrons. The second-order valence-corrected chi connectivity index (χ2v) is 9.74. The standard InChI is InChI=1S/C30H31F2N5O4/c1-18(2)7-10-28(38)37-25-15-22-24(16-27(25)40-3)34-17-35-29(22)41-26-9-8-21(14-23(26)32)36-30(39)33-12-11-19-5-4-6-20(31)13-19/h4-6,8-9,13-18H,7,10-12H2,1-3H3,(H,37,38)(H2,33,36,39). The maximum Gasteiger partial charge on any atom is 0.319 e. The average Bonchev–Trinajstić information content (AvgIpc) is 2.93. The Hall–Kier alpha value is -4.80. The highest BCUT2D eigenvalue weighted by Gasteiger charge is 2.16. The molecule has 0 saturated heterocycles. The van der Waals surface area contributed by atoms with Crippen molar-refractivity contribution in [1.82, 2.24) is 15.3 Å². The first-order chi connectivity index (χ1) is 19.7. The van der Waals surface area contributed by atoms with Crippen LogP contribution in [0.15, 0.2) is 60.9 Å². The van der Waals surface area contributed by atoms with Crippen molar-refractivity contribution in [3.8, 4) is 17.4 Å². The molecular formula is C30H31F2N5O4. The zero-order chi connectivity index (χ0) is 29.4. The first kappa shape index (κ1) is 29.2. The molecule has 0 aliphatic rings. The van der Waals surface area contributed by atoms with Crippen LogP contribution < -0.4 is 25.4 Å². The van der Waals surface area contributed by atoms with E-state index in [1.807, 2.05) is 13.8 Å². The number of hydrogen-bond donors (Lipinski definition) is 3. The van der Waals surface area contributed by atoms with Gasteiger partial charge < -0.3 is 25.4 Å². The third-order valence-electron chi connectivity index (χ3n) is 6.13. The van der Waals surface area contributed by atoms with Crippen LogP contribution in [0.3, 0.4) is 0 Å². The minimum absolute atomic E-state index is 0.0741. The summed E-state index contributed by atoms with van der Waals surface area (Å²) in [7, 11) is 1.49. The molecule has 0 saturated carbocycles. The number of hydrogen-bond acceptors (Lipinski definition) is 6. The zero-order valence-corrected chi connectivity index (χ0v) is 23.0. The van der Waals surface area contributed by atoms with Crippen molar-refractivity contribution in [2.45, 2.75) is 33.1 Å². The van der Waals surface area contributed by atoms with E-state index in [-0.39, 0.29) is 35.6 Å². The number of anilines is 2. The average molecular weight is 564 g/mol. The van der Waals surface area contributed by atoms with Gasteiger partial charge in [0.25, 0.3) is 0 Å². The molecule has 4 rings (SSSR count). The molecule has 0 aliphatic carbocycles. The van der Waals surface area contributed by atoms with Gasteiger partial charge in [-0.15, -0.1) is 0 Å². The summed E-state index contributed by atoms with van der Waals surface area (Å²) in [6, 6.07) is 12.8. The number of halogens is 2. The summed E-state index contributed by atoms with van der Waals surface area (Å²) in [5, 5.41) is 8.50. The number of urea groups is 1. The number of fused-ring (bicyclic) bond motifs is 1. The van der Waals surface area contributed by atoms with E-state index in [0.717, 1.165) is 18.1 Å². The Kier molecular flexibility index (Phi) is 9.62. The van der Waals surface area contributed by atoms with Gasteiger partial charge in [-0.3, -0.25) is 4.79 Å². The Morgan fingerprint density at radius 3 is 2.54 bits per heavy atom. The van der Waals surface area contributed by atoms with Gasteiger partial charge in [0, 0.05) is 30.8 Å². The molecule has 0 unspecified atom stereocenters. The highest BCUT2D eigenvalue weighted by molar-refractivity contribution is 5.97. The predicted molar refractivity (Wildman–Crippen MR) is 152 cm³/mol. The van der Waals surface area contributed by atoms with Crippen LogP contribution in [-0.4, -0.2) is 35.6 Å². The molecule has 1 heterocycles. The lowest BCUT2D eigenvalue weighted by molar-refractivity contribution is -0.116. The highest BCUT2D eigenvalue weighted by atomic mass is 19.1. The lowest BCUT2D eigenvalue weighted by atomic mass is 10.1. The summed E-state index contributed by atoms with van der Waals surface area (Å²) >= 11 is 0. The van der Waals surface area contributed by atoms with Crippen LogP contribution in [0.4, 0.5) is 25.0 Å². The van der Waals surface area contributed by atoms with Crippen molar-refractivity contribution in [1.29, 1.82) is 0 Å². The summed E-state index contributed by atoms with van der Waals surface area (Å²) < 4.78 is 39.5. The summed E-state index contributed by atoms with van der Waals surface area (Å²) in [4.78, 5) is 33.1. The molecule has 3 aromatic carbocycles. The van der Waals surface area contributed by atoms with Crippen molar-refractivity contribution in [3.05, 3.63) is 78.1 Å². The Bertz CT molecular complexity index is 1550. The summed E-state index contributed by atoms with van der Waals surface area (Å²) in [5.74, 6) is -0.497. The molecule has 9 nitrogen and oxygen atoms in total. The third-order valence-corrected chi connectivity index (χ3v) is 6.13. The minimum atomic E-state index is -0.731. The van der Waals surface area contributed by atoms with Gasteiger partial charge in [-0.1, -0.05) is 26.0 Å². The van der Waals surface area contributed by atoms with Crippen molar-refractivity contribution in [2.24, 2.45) is 5.92 Å². The fourth-order valence-corrected chi connectivity index (χ4v) is 3.99. The Balaban J connectivity index is 1.44. The first-order valence-corrected chi connectivity index (χ1v) is 13.1. The largest absolute Gasteiger partial charge is 0.494 e. The number of amides is 3. The number of nitrogens with one attached hydrogen (secondary N) is 3. The monoisotopic (exact) mass is 563 g/mol. The number of rotatable bonds is 11. The molecule has 0 bridgehead atoms. The maximum atomic E-state index is 15.0. The van der Waals surface area contributed by atoms with Crippen molar-refractivity contribution < 1.29 is 27.8 Å². The molecule has 3 amide bonds. The molecule has 1 aromatic heterocycles. The lowest BCUT2D eigenvalue weighted by Gasteiger charge is -2.14. The van der Waals surface area contributed by atoms with Gasteiger partial charge in [0.05, 0.1) is 23.7 Å². The molecule has 3 N–H and O–H groups in total. The Labute approximate surface area is 236 Å². The Morgan fingerprint density at radius 1 is 0.976 bits per heavy atom. The Morgan fingerprint density at radius 2 is 1.80 bits per heavy atom. The lowest BCUT2D eigenvalue weighted by Crippen LogP contribution is -2.30. The maximum absolute atomic E-state index is 15.0. The van der Waals surface area contributed by atoms with Gasteiger partial charge in [-0.2, -0.15) is 0 Å². The molecular weight excluding hydrogens is 532 g/mol. The second kappa shape index (κ2) is 13.5. The third kappa shape index (κ3) is 8.10. The van der Waals surface area contributed by atoms with Crippen LogP contribution in [0.2, 0.25) is 0 Å². The van der Waals surface area contributed by atoms with Crippen LogP contribution in [0, 0.1) is 17.6 Å². The fourth-order valence-electron chi connectivity index (χ4n) is 3.99. The zero-order valence-electron chi connectivity index (χ0n) is 23.0. The topological polar surface area (TPSA) is 114 Å². The molecule has 11 heteroatoms. The molecule has 4 aromatic rings. The molecule has 0 atom stereocenters. The van der Waals surface area contributed by atoms with E-state index in [1.54, 1.807) is 24.3 Å². The molecule has 0 fully saturated rings. The number of aromatic nitrogens is 2. The predicted octanol–water partition coefficient (Wildman–Crippen LogP) is 6.45. The quantitative estimate of drug-likeness (QED) is 0.193. The number of methoxy groups -OCH3 is 1. The smallest absolute Gasteiger partial charge is 0.319 e. The van der Waals surface area contributed by atoms with Crippen LogP contribution in [0.5, 0.6) is 17.4 Å². The van der Waals surface area contributed by atoms with Crippen LogP contribution in [0.25, 0.3) is 10.9 Å². The molecule has 41 heavy (non-hydrogen) atoms. The summed E-state index contributed by atoms with van der Waals surface area (Å²) in [6.45, 7) is 4.35. The van der Waals surface area contributed by atoms with Crippen LogP contribution >= 0.6 is 0 Å². The van der Waals surface area contributed by atoms with Crippen molar-refractivity contribution >= 4 is 34.2 Å². The normalized spacial score (nSPS) is 10.9. The molecule has 214 valence electrons. The fraction of sp³-hybridized carbons (Fsp3) is 0.267. The van der Waals surface area contributed by atoms with Gasteiger partial charge >= 0.3 is 6.03 Å². The number of benzene rings is 3. The SMILES string of the molecule is COc1cc2ncnc(Oc3ccc(NC(=O)NCCc4cccc(F)c4)cc3F)c2cc1NC(=O)CCC(C)C. The van der Waals surface area contributed by atoms with E-state index in [9.17, 15) is 18.4 Å². The number of nitrogens with zero attached hydrogens (tertiary/aromatic N) is 2. The minimum Gasteiger partial charge on any atom is -0.494 e. The van der Waals surface area contributed by atoms with E-state index in [0.29, 0.717) is 41.1 Å². The van der Waals surface area contributed by atoms with Crippen molar-refractivity contribution in [2.75, 3.05) is 24.3 Å². The van der Waals surface area contributed by atoms with Crippen LogP contribution in [0.1, 0.15) is 32.3 Å². The van der Waals surface area contributed by atoms with Crippen LogP contribution in [-0.2, 0) is 11.2 Å². The summed E-state index contributed by atoms with van der Waals surface area (Å²) in [6.07, 6.45) is 2.80. The van der Waals surface area contributed by atoms with Gasteiger partial charge in [0.2, 0.25) is 11.8 Å².